The van der Waals surface area contributed by atoms with Crippen LogP contribution in [0.5, 0.6) is 5.75 Å². The van der Waals surface area contributed by atoms with Gasteiger partial charge in [-0.3, -0.25) is 10.1 Å². The fourth-order valence-electron chi connectivity index (χ4n) is 2.93. The van der Waals surface area contributed by atoms with E-state index < -0.39 is 5.91 Å². The monoisotopic (exact) mass is 505 g/mol. The fourth-order valence-corrected chi connectivity index (χ4v) is 3.78. The van der Waals surface area contributed by atoms with E-state index >= 15 is 0 Å². The normalized spacial score (nSPS) is 10.8. The van der Waals surface area contributed by atoms with Crippen molar-refractivity contribution in [1.82, 2.24) is 10.3 Å². The predicted octanol–water partition coefficient (Wildman–Crippen LogP) is 6.59. The Hall–Kier alpha value is -2.84. The average molecular weight is 507 g/mol. The van der Waals surface area contributed by atoms with Crippen LogP contribution < -0.4 is 15.4 Å². The number of nitrogens with one attached hydrogen (secondary N) is 2. The Morgan fingerprint density at radius 2 is 1.84 bits per heavy atom. The Balaban J connectivity index is 1.50. The minimum atomic E-state index is -0.476. The lowest BCUT2D eigenvalue weighted by Gasteiger charge is -2.10. The summed E-state index contributed by atoms with van der Waals surface area (Å²) in [6.07, 6.45) is 0. The van der Waals surface area contributed by atoms with Crippen LogP contribution >= 0.6 is 47.0 Å². The number of rotatable bonds is 4. The molecule has 32 heavy (non-hydrogen) atoms. The second-order valence-corrected chi connectivity index (χ2v) is 8.24. The summed E-state index contributed by atoms with van der Waals surface area (Å²) in [5.41, 5.74) is 2.73. The molecule has 0 radical (unpaired) electrons. The number of nitrogens with zero attached hydrogens (tertiary/aromatic N) is 1. The van der Waals surface area contributed by atoms with Crippen molar-refractivity contribution in [2.24, 2.45) is 0 Å². The number of amides is 1. The first-order valence-electron chi connectivity index (χ1n) is 9.16. The lowest BCUT2D eigenvalue weighted by molar-refractivity contribution is 0.0978. The number of methoxy groups -OCH3 is 1. The fraction of sp³-hybridized carbons (Fsp3) is 0.0455. The van der Waals surface area contributed by atoms with Gasteiger partial charge in [0.1, 0.15) is 11.3 Å². The molecule has 4 rings (SSSR count). The number of fused-ring (bicyclic) bond motifs is 1. The first-order valence-corrected chi connectivity index (χ1v) is 10.7. The van der Waals surface area contributed by atoms with Gasteiger partial charge in [0.05, 0.1) is 22.7 Å². The zero-order valence-electron chi connectivity index (χ0n) is 16.4. The van der Waals surface area contributed by atoms with Gasteiger partial charge in [0.25, 0.3) is 5.91 Å². The van der Waals surface area contributed by atoms with Gasteiger partial charge in [0.15, 0.2) is 10.7 Å². The third kappa shape index (κ3) is 4.81. The molecule has 1 heterocycles. The van der Waals surface area contributed by atoms with Gasteiger partial charge in [-0.15, -0.1) is 0 Å². The van der Waals surface area contributed by atoms with Crippen LogP contribution in [0.25, 0.3) is 22.6 Å². The van der Waals surface area contributed by atoms with Crippen LogP contribution in [-0.2, 0) is 0 Å². The van der Waals surface area contributed by atoms with Gasteiger partial charge >= 0.3 is 0 Å². The minimum Gasteiger partial charge on any atom is -0.495 e. The summed E-state index contributed by atoms with van der Waals surface area (Å²) in [7, 11) is 1.55. The third-order valence-corrected chi connectivity index (χ3v) is 5.51. The summed E-state index contributed by atoms with van der Waals surface area (Å²) >= 11 is 23.4. The van der Waals surface area contributed by atoms with Crippen molar-refractivity contribution in [2.45, 2.75) is 0 Å². The molecule has 0 saturated carbocycles. The van der Waals surface area contributed by atoms with Crippen molar-refractivity contribution in [3.8, 4) is 17.2 Å². The van der Waals surface area contributed by atoms with E-state index in [2.05, 4.69) is 15.6 Å². The lowest BCUT2D eigenvalue weighted by atomic mass is 10.2. The van der Waals surface area contributed by atoms with E-state index in [-0.39, 0.29) is 15.7 Å². The highest BCUT2D eigenvalue weighted by molar-refractivity contribution is 7.80. The van der Waals surface area contributed by atoms with E-state index in [0.29, 0.717) is 44.0 Å². The maximum Gasteiger partial charge on any atom is 0.258 e. The van der Waals surface area contributed by atoms with Crippen LogP contribution in [0.4, 0.5) is 5.69 Å². The van der Waals surface area contributed by atoms with E-state index in [1.807, 2.05) is 0 Å². The van der Waals surface area contributed by atoms with Gasteiger partial charge in [-0.05, 0) is 66.8 Å². The first-order chi connectivity index (χ1) is 15.3. The molecule has 6 nitrogen and oxygen atoms in total. The Labute approximate surface area is 203 Å². The van der Waals surface area contributed by atoms with Crippen LogP contribution in [0.1, 0.15) is 10.4 Å². The summed E-state index contributed by atoms with van der Waals surface area (Å²) in [5.74, 6) is 0.497. The van der Waals surface area contributed by atoms with Gasteiger partial charge in [0, 0.05) is 16.3 Å². The minimum absolute atomic E-state index is 0.0936. The molecule has 0 aliphatic heterocycles. The molecular formula is C22H14Cl3N3O3S. The molecule has 0 fully saturated rings. The zero-order chi connectivity index (χ0) is 22.8. The standard InChI is InChI=1S/C22H14Cl3N3O3S/c1-30-18-6-2-11(8-16(18)25)21-27-17-10-13(4-7-19(17)31-21)26-22(32)28-20(29)14-9-12(23)3-5-15(14)24/h2-10H,1H3,(H2,26,28,29,32). The molecule has 0 aliphatic rings. The number of benzene rings is 3. The molecule has 1 amide bonds. The topological polar surface area (TPSA) is 76.4 Å². The van der Waals surface area contributed by atoms with Gasteiger partial charge in [-0.25, -0.2) is 4.98 Å². The summed E-state index contributed by atoms with van der Waals surface area (Å²) in [4.78, 5) is 16.9. The summed E-state index contributed by atoms with van der Waals surface area (Å²) < 4.78 is 11.0. The number of oxazole rings is 1. The van der Waals surface area contributed by atoms with Crippen LogP contribution in [0.15, 0.2) is 59.0 Å². The number of anilines is 1. The maximum atomic E-state index is 12.4. The molecule has 0 atom stereocenters. The number of aromatic nitrogens is 1. The molecule has 4 aromatic rings. The molecule has 2 N–H and O–H groups in total. The molecule has 0 bridgehead atoms. The van der Waals surface area contributed by atoms with E-state index in [4.69, 9.17) is 56.2 Å². The van der Waals surface area contributed by atoms with Crippen LogP contribution in [-0.4, -0.2) is 23.1 Å². The van der Waals surface area contributed by atoms with E-state index in [1.165, 1.54) is 6.07 Å². The Morgan fingerprint density at radius 3 is 2.59 bits per heavy atom. The molecule has 0 unspecified atom stereocenters. The number of ether oxygens (including phenoxy) is 1. The van der Waals surface area contributed by atoms with Crippen molar-refractivity contribution < 1.29 is 13.9 Å². The number of hydrogen-bond acceptors (Lipinski definition) is 5. The SMILES string of the molecule is COc1ccc(-c2nc3cc(NC(=S)NC(=O)c4cc(Cl)ccc4Cl)ccc3o2)cc1Cl. The maximum absolute atomic E-state index is 12.4. The molecule has 0 spiro atoms. The average Bonchev–Trinajstić information content (AvgIpc) is 3.18. The highest BCUT2D eigenvalue weighted by atomic mass is 35.5. The van der Waals surface area contributed by atoms with E-state index in [0.717, 1.165) is 0 Å². The molecule has 0 saturated heterocycles. The number of thiocarbonyl (C=S) groups is 1. The highest BCUT2D eigenvalue weighted by Gasteiger charge is 2.14. The van der Waals surface area contributed by atoms with Crippen LogP contribution in [0.2, 0.25) is 15.1 Å². The number of hydrogen-bond donors (Lipinski definition) is 2. The summed E-state index contributed by atoms with van der Waals surface area (Å²) in [6.45, 7) is 0. The number of halogens is 3. The van der Waals surface area contributed by atoms with Crippen molar-refractivity contribution in [3.05, 3.63) is 75.2 Å². The van der Waals surface area contributed by atoms with Crippen molar-refractivity contribution in [1.29, 1.82) is 0 Å². The van der Waals surface area contributed by atoms with Crippen molar-refractivity contribution >= 4 is 74.8 Å². The first kappa shape index (κ1) is 22.4. The quantitative estimate of drug-likeness (QED) is 0.304. The molecule has 162 valence electrons. The smallest absolute Gasteiger partial charge is 0.258 e. The second kappa shape index (κ2) is 9.34. The van der Waals surface area contributed by atoms with Crippen LogP contribution in [0.3, 0.4) is 0 Å². The van der Waals surface area contributed by atoms with Gasteiger partial charge in [-0.2, -0.15) is 0 Å². The Morgan fingerprint density at radius 1 is 1.03 bits per heavy atom. The largest absolute Gasteiger partial charge is 0.495 e. The highest BCUT2D eigenvalue weighted by Crippen LogP contribution is 2.32. The van der Waals surface area contributed by atoms with Crippen molar-refractivity contribution in [3.63, 3.8) is 0 Å². The van der Waals surface area contributed by atoms with Gasteiger partial charge in [0.2, 0.25) is 5.89 Å². The van der Waals surface area contributed by atoms with Gasteiger partial charge < -0.3 is 14.5 Å². The molecule has 3 aromatic carbocycles. The van der Waals surface area contributed by atoms with E-state index in [1.54, 1.807) is 55.6 Å². The number of carbonyl (C=O) groups excluding carboxylic acids is 1. The molecular weight excluding hydrogens is 493 g/mol. The predicted molar refractivity (Wildman–Crippen MR) is 131 cm³/mol. The lowest BCUT2D eigenvalue weighted by Crippen LogP contribution is -2.34. The zero-order valence-corrected chi connectivity index (χ0v) is 19.5. The second-order valence-electron chi connectivity index (χ2n) is 6.58. The van der Waals surface area contributed by atoms with Gasteiger partial charge in [-0.1, -0.05) is 34.8 Å². The van der Waals surface area contributed by atoms with Crippen molar-refractivity contribution in [2.75, 3.05) is 12.4 Å². The summed E-state index contributed by atoms with van der Waals surface area (Å²) in [6, 6.07) is 15.1. The summed E-state index contributed by atoms with van der Waals surface area (Å²) in [5, 5.41) is 6.73. The van der Waals surface area contributed by atoms with E-state index in [9.17, 15) is 4.79 Å². The molecule has 0 aliphatic carbocycles. The van der Waals surface area contributed by atoms with Crippen LogP contribution in [0, 0.1) is 0 Å². The number of carbonyl (C=O) groups is 1. The third-order valence-electron chi connectivity index (χ3n) is 4.44. The Kier molecular flexibility index (Phi) is 6.53. The Bertz CT molecular complexity index is 1360. The molecule has 10 heteroatoms. The molecule has 1 aromatic heterocycles.